The molecule has 0 bridgehead atoms. The molecule has 124 valence electrons. The molecule has 0 amide bonds. The Hall–Kier alpha value is -2.56. The smallest absolute Gasteiger partial charge is 0.318 e. The topological polar surface area (TPSA) is 106 Å². The normalized spacial score (nSPS) is 17.4. The first kappa shape index (κ1) is 15.0. The van der Waals surface area contributed by atoms with Gasteiger partial charge in [0.05, 0.1) is 11.0 Å². The van der Waals surface area contributed by atoms with Crippen LogP contribution in [-0.2, 0) is 0 Å². The van der Waals surface area contributed by atoms with E-state index < -0.39 is 0 Å². The Kier molecular flexibility index (Phi) is 3.84. The van der Waals surface area contributed by atoms with Crippen molar-refractivity contribution in [2.75, 3.05) is 18.0 Å². The number of halogens is 2. The molecule has 24 heavy (non-hydrogen) atoms. The van der Waals surface area contributed by atoms with E-state index in [1.54, 1.807) is 6.07 Å². The predicted octanol–water partition coefficient (Wildman–Crippen LogP) is 1.81. The van der Waals surface area contributed by atoms with Crippen molar-refractivity contribution in [1.82, 2.24) is 30.8 Å². The van der Waals surface area contributed by atoms with Gasteiger partial charge >= 0.3 is 6.01 Å². The van der Waals surface area contributed by atoms with Gasteiger partial charge in [-0.3, -0.25) is 0 Å². The van der Waals surface area contributed by atoms with Gasteiger partial charge in [-0.1, -0.05) is 5.10 Å². The molecule has 1 aliphatic heterocycles. The third kappa shape index (κ3) is 2.94. The van der Waals surface area contributed by atoms with Gasteiger partial charge in [0.15, 0.2) is 0 Å². The van der Waals surface area contributed by atoms with Crippen LogP contribution in [0.1, 0.15) is 6.42 Å². The molecule has 1 aromatic carbocycles. The minimum Gasteiger partial charge on any atom is -0.487 e. The molecule has 0 spiro atoms. The molecule has 0 saturated carbocycles. The van der Waals surface area contributed by atoms with E-state index >= 15 is 0 Å². The van der Waals surface area contributed by atoms with Gasteiger partial charge in [-0.05, 0) is 38.5 Å². The fraction of sp³-hybridized carbons (Fsp3) is 0.308. The average molecular weight is 396 g/mol. The van der Waals surface area contributed by atoms with Gasteiger partial charge in [0.25, 0.3) is 5.89 Å². The monoisotopic (exact) mass is 395 g/mol. The molecule has 3 heterocycles. The van der Waals surface area contributed by atoms with E-state index in [-0.39, 0.29) is 17.8 Å². The molecule has 1 aliphatic rings. The number of H-pyrrole nitrogens is 1. The Morgan fingerprint density at radius 3 is 3.08 bits per heavy atom. The van der Waals surface area contributed by atoms with Crippen LogP contribution in [-0.4, -0.2) is 50.0 Å². The van der Waals surface area contributed by atoms with Crippen molar-refractivity contribution >= 4 is 21.9 Å². The van der Waals surface area contributed by atoms with E-state index in [9.17, 15) is 4.39 Å². The molecule has 11 heteroatoms. The lowest BCUT2D eigenvalue weighted by molar-refractivity contribution is 0.222. The number of ether oxygens (including phenoxy) is 1. The summed E-state index contributed by atoms with van der Waals surface area (Å²) in [5.41, 5.74) is 0. The van der Waals surface area contributed by atoms with Gasteiger partial charge in [0, 0.05) is 19.0 Å². The predicted molar refractivity (Wildman–Crippen MR) is 82.8 cm³/mol. The summed E-state index contributed by atoms with van der Waals surface area (Å²) in [5.74, 6) is 0.655. The molecule has 9 nitrogen and oxygen atoms in total. The summed E-state index contributed by atoms with van der Waals surface area (Å²) in [5, 5.41) is 21.1. The molecule has 0 radical (unpaired) electrons. The first-order valence-corrected chi connectivity index (χ1v) is 7.92. The number of nitrogens with zero attached hydrogens (tertiary/aromatic N) is 6. The summed E-state index contributed by atoms with van der Waals surface area (Å²) < 4.78 is 25.5. The Balaban J connectivity index is 1.44. The number of benzene rings is 1. The van der Waals surface area contributed by atoms with E-state index in [4.69, 9.17) is 9.15 Å². The number of hydrogen-bond acceptors (Lipinski definition) is 8. The zero-order chi connectivity index (χ0) is 16.5. The van der Waals surface area contributed by atoms with E-state index in [1.807, 2.05) is 4.90 Å². The Labute approximate surface area is 143 Å². The van der Waals surface area contributed by atoms with Crippen molar-refractivity contribution < 1.29 is 13.5 Å². The maximum Gasteiger partial charge on any atom is 0.318 e. The van der Waals surface area contributed by atoms with Crippen molar-refractivity contribution in [3.63, 3.8) is 0 Å². The van der Waals surface area contributed by atoms with Crippen LogP contribution in [0.25, 0.3) is 11.7 Å². The maximum atomic E-state index is 13.3. The fourth-order valence-electron chi connectivity index (χ4n) is 2.43. The van der Waals surface area contributed by atoms with Gasteiger partial charge in [-0.15, -0.1) is 10.2 Å². The van der Waals surface area contributed by atoms with Crippen molar-refractivity contribution in [1.29, 1.82) is 0 Å². The van der Waals surface area contributed by atoms with Crippen molar-refractivity contribution in [2.24, 2.45) is 0 Å². The van der Waals surface area contributed by atoms with Crippen LogP contribution < -0.4 is 9.64 Å². The highest BCUT2D eigenvalue weighted by atomic mass is 79.9. The van der Waals surface area contributed by atoms with Crippen LogP contribution in [0.2, 0.25) is 0 Å². The molecule has 1 saturated heterocycles. The SMILES string of the molecule is Fc1ccc(Br)c(O[C@H]2CCN(c3nnc(-c4nnn[nH]4)o3)C2)c1. The van der Waals surface area contributed by atoms with E-state index in [0.717, 1.165) is 6.42 Å². The second-order valence-corrected chi connectivity index (χ2v) is 6.04. The first-order chi connectivity index (χ1) is 11.7. The average Bonchev–Trinajstić information content (AvgIpc) is 3.30. The number of aromatic nitrogens is 6. The molecule has 0 unspecified atom stereocenters. The van der Waals surface area contributed by atoms with Crippen LogP contribution in [0.3, 0.4) is 0 Å². The summed E-state index contributed by atoms with van der Waals surface area (Å²) >= 11 is 3.35. The lowest BCUT2D eigenvalue weighted by Gasteiger charge is -2.16. The lowest BCUT2D eigenvalue weighted by atomic mass is 10.3. The van der Waals surface area contributed by atoms with Gasteiger partial charge in [-0.2, -0.15) is 0 Å². The van der Waals surface area contributed by atoms with E-state index in [1.165, 1.54) is 12.1 Å². The zero-order valence-electron chi connectivity index (χ0n) is 12.2. The van der Waals surface area contributed by atoms with E-state index in [2.05, 4.69) is 46.8 Å². The van der Waals surface area contributed by atoms with Crippen molar-refractivity contribution in [3.8, 4) is 17.5 Å². The summed E-state index contributed by atoms with van der Waals surface area (Å²) in [7, 11) is 0. The van der Waals surface area contributed by atoms with Gasteiger partial charge in [-0.25, -0.2) is 9.49 Å². The van der Waals surface area contributed by atoms with Crippen molar-refractivity contribution in [2.45, 2.75) is 12.5 Å². The van der Waals surface area contributed by atoms with Crippen LogP contribution in [0, 0.1) is 5.82 Å². The minimum atomic E-state index is -0.342. The second-order valence-electron chi connectivity index (χ2n) is 5.19. The molecule has 3 aromatic rings. The molecule has 2 aromatic heterocycles. The quantitative estimate of drug-likeness (QED) is 0.712. The highest BCUT2D eigenvalue weighted by Crippen LogP contribution is 2.29. The van der Waals surface area contributed by atoms with Crippen molar-refractivity contribution in [3.05, 3.63) is 28.5 Å². The maximum absolute atomic E-state index is 13.3. The third-order valence-corrected chi connectivity index (χ3v) is 4.22. The summed E-state index contributed by atoms with van der Waals surface area (Å²) in [6, 6.07) is 4.71. The number of tetrazole rings is 1. The molecule has 1 N–H and O–H groups in total. The standard InChI is InChI=1S/C13H11BrFN7O2/c14-9-2-1-7(15)5-10(9)23-8-3-4-22(6-8)13-19-18-12(24-13)11-16-20-21-17-11/h1-2,5,8H,3-4,6H2,(H,16,17,20,21)/t8-/m0/s1. The van der Waals surface area contributed by atoms with Crippen LogP contribution in [0.15, 0.2) is 27.1 Å². The van der Waals surface area contributed by atoms with Gasteiger partial charge in [0.2, 0.25) is 5.82 Å². The minimum absolute atomic E-state index is 0.106. The number of hydrogen-bond donors (Lipinski definition) is 1. The summed E-state index contributed by atoms with van der Waals surface area (Å²) in [6.45, 7) is 1.24. The Bertz CT molecular complexity index is 841. The number of anilines is 1. The largest absolute Gasteiger partial charge is 0.487 e. The molecule has 4 rings (SSSR count). The fourth-order valence-corrected chi connectivity index (χ4v) is 2.77. The number of rotatable bonds is 4. The molecular weight excluding hydrogens is 385 g/mol. The third-order valence-electron chi connectivity index (χ3n) is 3.56. The van der Waals surface area contributed by atoms with Gasteiger partial charge < -0.3 is 14.1 Å². The Morgan fingerprint density at radius 2 is 2.25 bits per heavy atom. The second kappa shape index (κ2) is 6.15. The number of nitrogens with one attached hydrogen (secondary N) is 1. The first-order valence-electron chi connectivity index (χ1n) is 7.13. The lowest BCUT2D eigenvalue weighted by Crippen LogP contribution is -2.24. The molecular formula is C13H11BrFN7O2. The zero-order valence-corrected chi connectivity index (χ0v) is 13.8. The summed E-state index contributed by atoms with van der Waals surface area (Å²) in [4.78, 5) is 1.90. The van der Waals surface area contributed by atoms with Crippen LogP contribution >= 0.6 is 15.9 Å². The molecule has 0 aliphatic carbocycles. The molecule has 1 fully saturated rings. The van der Waals surface area contributed by atoms with Crippen LogP contribution in [0.4, 0.5) is 10.4 Å². The van der Waals surface area contributed by atoms with E-state index in [0.29, 0.717) is 35.2 Å². The Morgan fingerprint density at radius 1 is 1.33 bits per heavy atom. The summed E-state index contributed by atoms with van der Waals surface area (Å²) in [6.07, 6.45) is 0.648. The van der Waals surface area contributed by atoms with Gasteiger partial charge in [0.1, 0.15) is 17.7 Å². The highest BCUT2D eigenvalue weighted by molar-refractivity contribution is 9.10. The molecule has 1 atom stereocenters. The number of aromatic amines is 1. The van der Waals surface area contributed by atoms with Crippen LogP contribution in [0.5, 0.6) is 5.75 Å². The highest BCUT2D eigenvalue weighted by Gasteiger charge is 2.28.